The average Bonchev–Trinajstić information content (AvgIpc) is 2.35. The highest BCUT2D eigenvalue weighted by atomic mass is 16.4. The molecule has 1 aliphatic rings. The van der Waals surface area contributed by atoms with E-state index in [0.29, 0.717) is 12.3 Å². The van der Waals surface area contributed by atoms with Gasteiger partial charge in [0, 0.05) is 52.5 Å². The molecule has 0 bridgehead atoms. The molecule has 1 saturated heterocycles. The molecule has 1 unspecified atom stereocenters. The third-order valence-electron chi connectivity index (χ3n) is 3.40. The zero-order chi connectivity index (χ0) is 12.8. The van der Waals surface area contributed by atoms with Gasteiger partial charge in [-0.05, 0) is 6.42 Å². The highest BCUT2D eigenvalue weighted by Crippen LogP contribution is 2.17. The van der Waals surface area contributed by atoms with Crippen molar-refractivity contribution >= 4 is 11.6 Å². The summed E-state index contributed by atoms with van der Waals surface area (Å²) >= 11 is 0. The van der Waals surface area contributed by atoms with Crippen molar-refractivity contribution in [2.45, 2.75) is 26.2 Å². The first kappa shape index (κ1) is 14.0. The van der Waals surface area contributed by atoms with E-state index in [9.17, 15) is 4.79 Å². The molecular weight excluding hydrogens is 218 g/mol. The second kappa shape index (κ2) is 6.59. The minimum atomic E-state index is 0.166. The van der Waals surface area contributed by atoms with Gasteiger partial charge < -0.3 is 15.0 Å². The lowest BCUT2D eigenvalue weighted by Gasteiger charge is -2.32. The monoisotopic (exact) mass is 241 g/mol. The van der Waals surface area contributed by atoms with Gasteiger partial charge in [0.1, 0.15) is 0 Å². The third kappa shape index (κ3) is 4.00. The first-order chi connectivity index (χ1) is 8.08. The Morgan fingerprint density at radius 3 is 2.82 bits per heavy atom. The van der Waals surface area contributed by atoms with Gasteiger partial charge in [-0.15, -0.1) is 0 Å². The van der Waals surface area contributed by atoms with Gasteiger partial charge in [0.2, 0.25) is 5.91 Å². The molecule has 1 rings (SSSR count). The Hall–Kier alpha value is -1.10. The van der Waals surface area contributed by atoms with Crippen molar-refractivity contribution in [1.82, 2.24) is 9.80 Å². The van der Waals surface area contributed by atoms with E-state index in [4.69, 9.17) is 5.21 Å². The van der Waals surface area contributed by atoms with Crippen molar-refractivity contribution < 1.29 is 10.0 Å². The molecule has 1 amide bonds. The summed E-state index contributed by atoms with van der Waals surface area (Å²) in [6.07, 6.45) is 2.36. The van der Waals surface area contributed by atoms with Gasteiger partial charge in [0.25, 0.3) is 0 Å². The SMILES string of the molecule is CCC1CN(CCC(=O)N(C)C)CCC1=NO. The van der Waals surface area contributed by atoms with Gasteiger partial charge in [-0.3, -0.25) is 4.79 Å². The van der Waals surface area contributed by atoms with Crippen LogP contribution in [0.5, 0.6) is 0 Å². The molecule has 1 atom stereocenters. The summed E-state index contributed by atoms with van der Waals surface area (Å²) in [6.45, 7) is 4.68. The lowest BCUT2D eigenvalue weighted by Crippen LogP contribution is -2.42. The quantitative estimate of drug-likeness (QED) is 0.591. The Morgan fingerprint density at radius 2 is 2.29 bits per heavy atom. The zero-order valence-corrected chi connectivity index (χ0v) is 11.0. The van der Waals surface area contributed by atoms with E-state index < -0.39 is 0 Å². The van der Waals surface area contributed by atoms with Gasteiger partial charge in [-0.1, -0.05) is 12.1 Å². The van der Waals surface area contributed by atoms with Crippen LogP contribution < -0.4 is 0 Å². The van der Waals surface area contributed by atoms with E-state index in [1.807, 2.05) is 0 Å². The predicted molar refractivity (Wildman–Crippen MR) is 67.4 cm³/mol. The molecule has 98 valence electrons. The molecule has 1 fully saturated rings. The summed E-state index contributed by atoms with van der Waals surface area (Å²) in [6, 6.07) is 0. The number of carbonyl (C=O) groups is 1. The van der Waals surface area contributed by atoms with Gasteiger partial charge in [-0.2, -0.15) is 0 Å². The van der Waals surface area contributed by atoms with Crippen molar-refractivity contribution in [1.29, 1.82) is 0 Å². The Morgan fingerprint density at radius 1 is 1.59 bits per heavy atom. The number of hydrogen-bond acceptors (Lipinski definition) is 4. The van der Waals surface area contributed by atoms with Crippen LogP contribution in [0.3, 0.4) is 0 Å². The van der Waals surface area contributed by atoms with Crippen LogP contribution in [0.25, 0.3) is 0 Å². The predicted octanol–water partition coefficient (Wildman–Crippen LogP) is 1.03. The molecule has 0 aliphatic carbocycles. The van der Waals surface area contributed by atoms with E-state index in [0.717, 1.165) is 38.2 Å². The molecule has 0 spiro atoms. The number of hydrogen-bond donors (Lipinski definition) is 1. The lowest BCUT2D eigenvalue weighted by atomic mass is 9.93. The summed E-state index contributed by atoms with van der Waals surface area (Å²) in [5.74, 6) is 0.503. The van der Waals surface area contributed by atoms with Crippen molar-refractivity contribution in [3.05, 3.63) is 0 Å². The number of carbonyl (C=O) groups excluding carboxylic acids is 1. The molecule has 0 aromatic carbocycles. The standard InChI is InChI=1S/C12H23N3O2/c1-4-10-9-15(7-5-11(10)13-17)8-6-12(16)14(2)3/h10,17H,4-9H2,1-3H3. The fourth-order valence-electron chi connectivity index (χ4n) is 2.16. The second-order valence-electron chi connectivity index (χ2n) is 4.79. The Bertz CT molecular complexity index is 289. The smallest absolute Gasteiger partial charge is 0.223 e. The van der Waals surface area contributed by atoms with Crippen LogP contribution in [-0.2, 0) is 4.79 Å². The summed E-state index contributed by atoms with van der Waals surface area (Å²) < 4.78 is 0. The van der Waals surface area contributed by atoms with Gasteiger partial charge in [-0.25, -0.2) is 0 Å². The minimum Gasteiger partial charge on any atom is -0.411 e. The number of piperidine rings is 1. The fraction of sp³-hybridized carbons (Fsp3) is 0.833. The summed E-state index contributed by atoms with van der Waals surface area (Å²) in [7, 11) is 3.56. The van der Waals surface area contributed by atoms with Gasteiger partial charge in [0.05, 0.1) is 5.71 Å². The van der Waals surface area contributed by atoms with Crippen molar-refractivity contribution in [2.24, 2.45) is 11.1 Å². The molecule has 1 heterocycles. The Kier molecular flexibility index (Phi) is 5.41. The fourth-order valence-corrected chi connectivity index (χ4v) is 2.16. The van der Waals surface area contributed by atoms with Crippen LogP contribution in [0, 0.1) is 5.92 Å². The molecule has 1 N–H and O–H groups in total. The average molecular weight is 241 g/mol. The molecule has 1 aliphatic heterocycles. The number of rotatable bonds is 4. The van der Waals surface area contributed by atoms with Crippen molar-refractivity contribution in [3.63, 3.8) is 0 Å². The number of amides is 1. The summed E-state index contributed by atoms with van der Waals surface area (Å²) in [5, 5.41) is 12.3. The lowest BCUT2D eigenvalue weighted by molar-refractivity contribution is -0.129. The highest BCUT2D eigenvalue weighted by molar-refractivity contribution is 5.87. The van der Waals surface area contributed by atoms with Crippen molar-refractivity contribution in [2.75, 3.05) is 33.7 Å². The topological polar surface area (TPSA) is 56.1 Å². The van der Waals surface area contributed by atoms with E-state index in [-0.39, 0.29) is 5.91 Å². The molecule has 0 aromatic rings. The van der Waals surface area contributed by atoms with Crippen molar-refractivity contribution in [3.8, 4) is 0 Å². The van der Waals surface area contributed by atoms with E-state index in [1.165, 1.54) is 0 Å². The maximum Gasteiger partial charge on any atom is 0.223 e. The maximum atomic E-state index is 11.5. The Labute approximate surface area is 103 Å². The van der Waals surface area contributed by atoms with E-state index in [1.54, 1.807) is 19.0 Å². The van der Waals surface area contributed by atoms with E-state index in [2.05, 4.69) is 17.0 Å². The van der Waals surface area contributed by atoms with Crippen LogP contribution in [0.15, 0.2) is 5.16 Å². The summed E-state index contributed by atoms with van der Waals surface area (Å²) in [4.78, 5) is 15.4. The number of nitrogens with zero attached hydrogens (tertiary/aromatic N) is 3. The first-order valence-electron chi connectivity index (χ1n) is 6.21. The Balaban J connectivity index is 2.40. The third-order valence-corrected chi connectivity index (χ3v) is 3.40. The molecule has 5 nitrogen and oxygen atoms in total. The van der Waals surface area contributed by atoms with Gasteiger partial charge in [0.15, 0.2) is 0 Å². The second-order valence-corrected chi connectivity index (χ2v) is 4.79. The maximum absolute atomic E-state index is 11.5. The van der Waals surface area contributed by atoms with Crippen LogP contribution in [-0.4, -0.2) is 60.4 Å². The van der Waals surface area contributed by atoms with E-state index >= 15 is 0 Å². The number of oxime groups is 1. The molecule has 0 saturated carbocycles. The number of likely N-dealkylation sites (tertiary alicyclic amines) is 1. The molecular formula is C12H23N3O2. The minimum absolute atomic E-state index is 0.166. The molecule has 0 radical (unpaired) electrons. The zero-order valence-electron chi connectivity index (χ0n) is 11.0. The van der Waals surface area contributed by atoms with Crippen LogP contribution in [0.1, 0.15) is 26.2 Å². The summed E-state index contributed by atoms with van der Waals surface area (Å²) in [5.41, 5.74) is 0.905. The van der Waals surface area contributed by atoms with Crippen LogP contribution in [0.2, 0.25) is 0 Å². The largest absolute Gasteiger partial charge is 0.411 e. The van der Waals surface area contributed by atoms with Crippen LogP contribution in [0.4, 0.5) is 0 Å². The van der Waals surface area contributed by atoms with Crippen LogP contribution >= 0.6 is 0 Å². The molecule has 5 heteroatoms. The molecule has 0 aromatic heterocycles. The normalized spacial score (nSPS) is 23.9. The van der Waals surface area contributed by atoms with Gasteiger partial charge >= 0.3 is 0 Å². The highest BCUT2D eigenvalue weighted by Gasteiger charge is 2.24. The molecule has 17 heavy (non-hydrogen) atoms. The first-order valence-corrected chi connectivity index (χ1v) is 6.21.